The summed E-state index contributed by atoms with van der Waals surface area (Å²) in [7, 11) is 1.63. The second kappa shape index (κ2) is 11.1. The minimum Gasteiger partial charge on any atom is -0.493 e. The Hall–Kier alpha value is -2.54. The third-order valence-corrected chi connectivity index (χ3v) is 6.78. The number of likely N-dealkylation sites (tertiary alicyclic amines) is 1. The summed E-state index contributed by atoms with van der Waals surface area (Å²) in [5.41, 5.74) is 2.73. The lowest BCUT2D eigenvalue weighted by Crippen LogP contribution is -2.43. The van der Waals surface area contributed by atoms with Gasteiger partial charge in [0.05, 0.1) is 19.4 Å². The zero-order chi connectivity index (χ0) is 23.2. The van der Waals surface area contributed by atoms with Crippen LogP contribution in [0.5, 0.6) is 11.5 Å². The largest absolute Gasteiger partial charge is 0.493 e. The van der Waals surface area contributed by atoms with Crippen molar-refractivity contribution >= 4 is 29.3 Å². The van der Waals surface area contributed by atoms with Crippen LogP contribution in [0.4, 0.5) is 5.69 Å². The van der Waals surface area contributed by atoms with Gasteiger partial charge in [-0.05, 0) is 55.1 Å². The number of amides is 1. The molecule has 4 rings (SSSR count). The fourth-order valence-corrected chi connectivity index (χ4v) is 4.79. The molecule has 1 N–H and O–H groups in total. The molecule has 1 saturated heterocycles. The van der Waals surface area contributed by atoms with Gasteiger partial charge in [0.2, 0.25) is 0 Å². The number of aliphatic hydroxyl groups is 1. The molecule has 1 fully saturated rings. The maximum absolute atomic E-state index is 12.9. The molecule has 0 aliphatic carbocycles. The number of halogens is 1. The number of rotatable bonds is 8. The Kier molecular flexibility index (Phi) is 7.91. The van der Waals surface area contributed by atoms with Crippen LogP contribution in [0.25, 0.3) is 6.08 Å². The van der Waals surface area contributed by atoms with Gasteiger partial charge in [0, 0.05) is 36.3 Å². The molecule has 176 valence electrons. The van der Waals surface area contributed by atoms with Crippen molar-refractivity contribution in [1.29, 1.82) is 0 Å². The Morgan fingerprint density at radius 3 is 2.85 bits per heavy atom. The molecule has 2 aromatic carbocycles. The van der Waals surface area contributed by atoms with E-state index in [-0.39, 0.29) is 18.6 Å². The van der Waals surface area contributed by atoms with E-state index in [1.807, 2.05) is 30.3 Å². The first-order valence-electron chi connectivity index (χ1n) is 11.5. The summed E-state index contributed by atoms with van der Waals surface area (Å²) in [5, 5.41) is 10.2. The molecule has 2 heterocycles. The van der Waals surface area contributed by atoms with Crippen molar-refractivity contribution in [3.63, 3.8) is 0 Å². The monoisotopic (exact) mass is 470 g/mol. The van der Waals surface area contributed by atoms with Gasteiger partial charge in [-0.2, -0.15) is 0 Å². The molecule has 1 amide bonds. The van der Waals surface area contributed by atoms with Crippen molar-refractivity contribution in [1.82, 2.24) is 4.90 Å². The number of carbonyl (C=O) groups excluding carboxylic acids is 1. The first-order chi connectivity index (χ1) is 16.1. The molecular weight excluding hydrogens is 440 g/mol. The fourth-order valence-electron chi connectivity index (χ4n) is 4.59. The summed E-state index contributed by atoms with van der Waals surface area (Å²) in [6.45, 7) is 3.01. The first kappa shape index (κ1) is 23.6. The average molecular weight is 471 g/mol. The maximum Gasteiger partial charge on any atom is 0.251 e. The molecule has 2 aliphatic heterocycles. The number of benzene rings is 2. The van der Waals surface area contributed by atoms with Gasteiger partial charge in [-0.1, -0.05) is 36.2 Å². The predicted octanol–water partition coefficient (Wildman–Crippen LogP) is 4.18. The summed E-state index contributed by atoms with van der Waals surface area (Å²) < 4.78 is 11.7. The minimum absolute atomic E-state index is 0.0936. The quantitative estimate of drug-likeness (QED) is 0.586. The van der Waals surface area contributed by atoms with E-state index in [1.54, 1.807) is 30.2 Å². The molecule has 2 aromatic rings. The lowest BCUT2D eigenvalue weighted by Gasteiger charge is -2.34. The standard InChI is InChI=1S/C26H31ClN2O4/c1-32-24-16-20-11-13-29(26(31)10-9-19-6-2-3-8-22(19)27)23(20)17-25(24)33-15-14-28-12-5-4-7-21(28)18-30/h2-3,6,8-10,16-17,21,30H,4-5,7,11-15,18H2,1H3/b10-9+. The second-order valence-corrected chi connectivity index (χ2v) is 8.85. The first-order valence-corrected chi connectivity index (χ1v) is 11.9. The van der Waals surface area contributed by atoms with E-state index in [0.29, 0.717) is 29.7 Å². The van der Waals surface area contributed by atoms with Crippen LogP contribution in [-0.2, 0) is 11.2 Å². The number of piperidine rings is 1. The van der Waals surface area contributed by atoms with Gasteiger partial charge in [-0.15, -0.1) is 0 Å². The Bertz CT molecular complexity index is 1010. The van der Waals surface area contributed by atoms with Crippen LogP contribution >= 0.6 is 11.6 Å². The van der Waals surface area contributed by atoms with Crippen LogP contribution in [0.15, 0.2) is 42.5 Å². The highest BCUT2D eigenvalue weighted by Gasteiger charge is 2.26. The summed E-state index contributed by atoms with van der Waals surface area (Å²) in [6, 6.07) is 11.5. The molecule has 0 bridgehead atoms. The third kappa shape index (κ3) is 5.52. The Labute approximate surface area is 200 Å². The molecule has 6 nitrogen and oxygen atoms in total. The Balaban J connectivity index is 1.45. The molecule has 1 atom stereocenters. The minimum atomic E-state index is -0.0936. The van der Waals surface area contributed by atoms with E-state index in [0.717, 1.165) is 55.6 Å². The van der Waals surface area contributed by atoms with Crippen LogP contribution in [-0.4, -0.2) is 61.9 Å². The van der Waals surface area contributed by atoms with Gasteiger partial charge in [-0.3, -0.25) is 9.69 Å². The summed E-state index contributed by atoms with van der Waals surface area (Å²) in [4.78, 5) is 17.0. The molecule has 0 spiro atoms. The highest BCUT2D eigenvalue weighted by molar-refractivity contribution is 6.32. The van der Waals surface area contributed by atoms with E-state index >= 15 is 0 Å². The van der Waals surface area contributed by atoms with Crippen molar-refractivity contribution in [2.75, 3.05) is 44.9 Å². The number of aliphatic hydroxyl groups excluding tert-OH is 1. The SMILES string of the molecule is COc1cc2c(cc1OCCN1CCCCC1CO)N(C(=O)/C=C/c1ccccc1Cl)CC2. The van der Waals surface area contributed by atoms with Crippen LogP contribution in [0.3, 0.4) is 0 Å². The number of nitrogens with zero attached hydrogens (tertiary/aromatic N) is 2. The third-order valence-electron chi connectivity index (χ3n) is 6.43. The van der Waals surface area contributed by atoms with Crippen LogP contribution in [0.2, 0.25) is 5.02 Å². The molecule has 7 heteroatoms. The van der Waals surface area contributed by atoms with Gasteiger partial charge in [0.1, 0.15) is 6.61 Å². The van der Waals surface area contributed by atoms with Gasteiger partial charge in [0.25, 0.3) is 5.91 Å². The number of ether oxygens (including phenoxy) is 2. The van der Waals surface area contributed by atoms with Gasteiger partial charge < -0.3 is 19.5 Å². The highest BCUT2D eigenvalue weighted by atomic mass is 35.5. The average Bonchev–Trinajstić information content (AvgIpc) is 3.26. The lowest BCUT2D eigenvalue weighted by molar-refractivity contribution is -0.114. The van der Waals surface area contributed by atoms with Crippen LogP contribution in [0, 0.1) is 0 Å². The second-order valence-electron chi connectivity index (χ2n) is 8.44. The summed E-state index contributed by atoms with van der Waals surface area (Å²) >= 11 is 6.20. The van der Waals surface area contributed by atoms with E-state index in [2.05, 4.69) is 4.90 Å². The molecule has 2 aliphatic rings. The normalized spacial score (nSPS) is 18.5. The van der Waals surface area contributed by atoms with Crippen LogP contribution in [0.1, 0.15) is 30.4 Å². The molecule has 0 aromatic heterocycles. The van der Waals surface area contributed by atoms with Crippen molar-refractivity contribution < 1.29 is 19.4 Å². The topological polar surface area (TPSA) is 62.2 Å². The Morgan fingerprint density at radius 1 is 1.21 bits per heavy atom. The zero-order valence-electron chi connectivity index (χ0n) is 19.0. The number of hydrogen-bond acceptors (Lipinski definition) is 5. The van der Waals surface area contributed by atoms with Crippen LogP contribution < -0.4 is 14.4 Å². The van der Waals surface area contributed by atoms with Gasteiger partial charge >= 0.3 is 0 Å². The van der Waals surface area contributed by atoms with Gasteiger partial charge in [-0.25, -0.2) is 0 Å². The zero-order valence-corrected chi connectivity index (χ0v) is 19.8. The maximum atomic E-state index is 12.9. The molecule has 33 heavy (non-hydrogen) atoms. The van der Waals surface area contributed by atoms with Crippen molar-refractivity contribution in [2.24, 2.45) is 0 Å². The number of carbonyl (C=O) groups is 1. The Morgan fingerprint density at radius 2 is 2.06 bits per heavy atom. The lowest BCUT2D eigenvalue weighted by atomic mass is 10.0. The number of anilines is 1. The molecule has 0 saturated carbocycles. The van der Waals surface area contributed by atoms with Crippen molar-refractivity contribution in [3.8, 4) is 11.5 Å². The predicted molar refractivity (Wildman–Crippen MR) is 131 cm³/mol. The summed E-state index contributed by atoms with van der Waals surface area (Å²) in [6.07, 6.45) is 7.42. The molecule has 0 radical (unpaired) electrons. The van der Waals surface area contributed by atoms with Gasteiger partial charge in [0.15, 0.2) is 11.5 Å². The van der Waals surface area contributed by atoms with Crippen molar-refractivity contribution in [3.05, 3.63) is 58.6 Å². The van der Waals surface area contributed by atoms with E-state index < -0.39 is 0 Å². The molecular formula is C26H31ClN2O4. The van der Waals surface area contributed by atoms with E-state index in [1.165, 1.54) is 0 Å². The van der Waals surface area contributed by atoms with Crippen molar-refractivity contribution in [2.45, 2.75) is 31.7 Å². The smallest absolute Gasteiger partial charge is 0.251 e. The fraction of sp³-hybridized carbons (Fsp3) is 0.423. The molecule has 1 unspecified atom stereocenters. The number of methoxy groups -OCH3 is 1. The van der Waals surface area contributed by atoms with E-state index in [4.69, 9.17) is 21.1 Å². The number of fused-ring (bicyclic) bond motifs is 1. The summed E-state index contributed by atoms with van der Waals surface area (Å²) in [5.74, 6) is 1.21. The highest BCUT2D eigenvalue weighted by Crippen LogP contribution is 2.39. The number of hydrogen-bond donors (Lipinski definition) is 1. The van der Waals surface area contributed by atoms with E-state index in [9.17, 15) is 9.90 Å².